The van der Waals surface area contributed by atoms with Crippen molar-refractivity contribution < 1.29 is 9.53 Å². The van der Waals surface area contributed by atoms with Crippen LogP contribution < -0.4 is 4.74 Å². The van der Waals surface area contributed by atoms with E-state index in [4.69, 9.17) is 4.74 Å². The predicted molar refractivity (Wildman–Crippen MR) is 103 cm³/mol. The molecule has 2 rings (SSSR count). The highest BCUT2D eigenvalue weighted by atomic mass is 32.1. The lowest BCUT2D eigenvalue weighted by atomic mass is 10.1. The molecule has 0 fully saturated rings. The molecule has 0 spiro atoms. The summed E-state index contributed by atoms with van der Waals surface area (Å²) in [6.07, 6.45) is 0.950. The van der Waals surface area contributed by atoms with Crippen LogP contribution in [-0.2, 0) is 17.9 Å². The van der Waals surface area contributed by atoms with Gasteiger partial charge in [0.05, 0.1) is 12.2 Å². The second kappa shape index (κ2) is 8.99. The predicted octanol–water partition coefficient (Wildman–Crippen LogP) is 4.73. The highest BCUT2D eigenvalue weighted by Gasteiger charge is 2.18. The molecule has 0 saturated carbocycles. The molecule has 136 valence electrons. The van der Waals surface area contributed by atoms with Gasteiger partial charge >= 0.3 is 0 Å². The maximum atomic E-state index is 12.3. The molecule has 1 aromatic carbocycles. The van der Waals surface area contributed by atoms with E-state index >= 15 is 0 Å². The van der Waals surface area contributed by atoms with Gasteiger partial charge in [-0.2, -0.15) is 0 Å². The zero-order chi connectivity index (χ0) is 18.4. The molecule has 0 bridgehead atoms. The van der Waals surface area contributed by atoms with Gasteiger partial charge in [-0.1, -0.05) is 32.9 Å². The molecule has 0 unspecified atom stereocenters. The summed E-state index contributed by atoms with van der Waals surface area (Å²) in [6, 6.07) is 6.07. The number of amides is 1. The van der Waals surface area contributed by atoms with Crippen molar-refractivity contribution in [2.24, 2.45) is 5.92 Å². The van der Waals surface area contributed by atoms with Crippen LogP contribution in [0.2, 0.25) is 0 Å². The SMILES string of the molecule is CCCN(Cc1csc(COc2cccc(C)c2C)n1)C(=O)C(C)C. The third-order valence-electron chi connectivity index (χ3n) is 4.16. The van der Waals surface area contributed by atoms with E-state index < -0.39 is 0 Å². The second-order valence-electron chi connectivity index (χ2n) is 6.63. The number of hydrogen-bond acceptors (Lipinski definition) is 4. The molecule has 4 nitrogen and oxygen atoms in total. The number of ether oxygens (including phenoxy) is 1. The summed E-state index contributed by atoms with van der Waals surface area (Å²) in [6.45, 7) is 11.9. The van der Waals surface area contributed by atoms with Gasteiger partial charge in [-0.3, -0.25) is 4.79 Å². The monoisotopic (exact) mass is 360 g/mol. The van der Waals surface area contributed by atoms with Crippen molar-refractivity contribution in [3.05, 3.63) is 45.4 Å². The smallest absolute Gasteiger partial charge is 0.225 e. The number of carbonyl (C=O) groups excluding carboxylic acids is 1. The van der Waals surface area contributed by atoms with Crippen LogP contribution in [0.3, 0.4) is 0 Å². The largest absolute Gasteiger partial charge is 0.486 e. The highest BCUT2D eigenvalue weighted by molar-refractivity contribution is 7.09. The van der Waals surface area contributed by atoms with E-state index in [1.54, 1.807) is 11.3 Å². The number of nitrogens with zero attached hydrogens (tertiary/aromatic N) is 2. The molecule has 5 heteroatoms. The lowest BCUT2D eigenvalue weighted by Gasteiger charge is -2.23. The van der Waals surface area contributed by atoms with Gasteiger partial charge in [-0.25, -0.2) is 4.98 Å². The minimum absolute atomic E-state index is 0.0114. The number of aromatic nitrogens is 1. The first-order chi connectivity index (χ1) is 11.9. The average Bonchev–Trinajstić information content (AvgIpc) is 3.02. The summed E-state index contributed by atoms with van der Waals surface area (Å²) in [5, 5.41) is 2.96. The van der Waals surface area contributed by atoms with E-state index in [2.05, 4.69) is 31.8 Å². The van der Waals surface area contributed by atoms with Crippen LogP contribution in [-0.4, -0.2) is 22.3 Å². The van der Waals surface area contributed by atoms with Crippen LogP contribution in [0, 0.1) is 19.8 Å². The van der Waals surface area contributed by atoms with Crippen molar-refractivity contribution in [1.82, 2.24) is 9.88 Å². The molecule has 1 amide bonds. The van der Waals surface area contributed by atoms with E-state index in [0.29, 0.717) is 13.2 Å². The fraction of sp³-hybridized carbons (Fsp3) is 0.500. The first kappa shape index (κ1) is 19.4. The lowest BCUT2D eigenvalue weighted by molar-refractivity contribution is -0.135. The third-order valence-corrected chi connectivity index (χ3v) is 5.03. The molecule has 0 aliphatic rings. The molecular formula is C20H28N2O2S. The van der Waals surface area contributed by atoms with Crippen LogP contribution >= 0.6 is 11.3 Å². The molecule has 0 radical (unpaired) electrons. The first-order valence-corrected chi connectivity index (χ1v) is 9.71. The molecule has 25 heavy (non-hydrogen) atoms. The molecule has 0 N–H and O–H groups in total. The Morgan fingerprint density at radius 1 is 1.32 bits per heavy atom. The van der Waals surface area contributed by atoms with Gasteiger partial charge in [-0.15, -0.1) is 11.3 Å². The summed E-state index contributed by atoms with van der Waals surface area (Å²) in [4.78, 5) is 18.8. The van der Waals surface area contributed by atoms with Crippen molar-refractivity contribution in [2.45, 2.75) is 54.2 Å². The molecule has 0 saturated heterocycles. The standard InChI is InChI=1S/C20H28N2O2S/c1-6-10-22(20(23)14(2)3)11-17-13-25-19(21-17)12-24-18-9-7-8-15(4)16(18)5/h7-9,13-14H,6,10-12H2,1-5H3. The Hall–Kier alpha value is -1.88. The number of hydrogen-bond donors (Lipinski definition) is 0. The Labute approximate surface area is 154 Å². The molecular weight excluding hydrogens is 332 g/mol. The fourth-order valence-electron chi connectivity index (χ4n) is 2.61. The van der Waals surface area contributed by atoms with E-state index in [-0.39, 0.29) is 11.8 Å². The Balaban J connectivity index is 1.99. The second-order valence-corrected chi connectivity index (χ2v) is 7.58. The summed E-state index contributed by atoms with van der Waals surface area (Å²) >= 11 is 1.58. The number of benzene rings is 1. The van der Waals surface area contributed by atoms with Gasteiger partial charge in [0, 0.05) is 17.8 Å². The Morgan fingerprint density at radius 3 is 2.76 bits per heavy atom. The topological polar surface area (TPSA) is 42.4 Å². The number of thiazole rings is 1. The highest BCUT2D eigenvalue weighted by Crippen LogP contribution is 2.22. The number of aryl methyl sites for hydroxylation is 1. The van der Waals surface area contributed by atoms with Gasteiger partial charge in [-0.05, 0) is 37.5 Å². The average molecular weight is 361 g/mol. The summed E-state index contributed by atoms with van der Waals surface area (Å²) < 4.78 is 5.92. The van der Waals surface area contributed by atoms with Crippen LogP contribution in [0.15, 0.2) is 23.6 Å². The van der Waals surface area contributed by atoms with Crippen LogP contribution in [0.4, 0.5) is 0 Å². The Morgan fingerprint density at radius 2 is 2.08 bits per heavy atom. The van der Waals surface area contributed by atoms with Crippen LogP contribution in [0.1, 0.15) is 49.0 Å². The maximum Gasteiger partial charge on any atom is 0.225 e. The van der Waals surface area contributed by atoms with Crippen molar-refractivity contribution >= 4 is 17.2 Å². The van der Waals surface area contributed by atoms with Gasteiger partial charge in [0.1, 0.15) is 17.4 Å². The number of rotatable bonds is 8. The quantitative estimate of drug-likeness (QED) is 0.683. The van der Waals surface area contributed by atoms with Crippen molar-refractivity contribution in [3.8, 4) is 5.75 Å². The molecule has 1 aromatic heterocycles. The summed E-state index contributed by atoms with van der Waals surface area (Å²) in [7, 11) is 0. The minimum atomic E-state index is 0.0114. The van der Waals surface area contributed by atoms with Gasteiger partial charge in [0.2, 0.25) is 5.91 Å². The first-order valence-electron chi connectivity index (χ1n) is 8.83. The van der Waals surface area contributed by atoms with E-state index in [0.717, 1.165) is 35.0 Å². The normalized spacial score (nSPS) is 11.0. The van der Waals surface area contributed by atoms with Crippen molar-refractivity contribution in [1.29, 1.82) is 0 Å². The number of carbonyl (C=O) groups is 1. The minimum Gasteiger partial charge on any atom is -0.486 e. The molecule has 2 aromatic rings. The van der Waals surface area contributed by atoms with E-state index in [9.17, 15) is 4.79 Å². The fourth-order valence-corrected chi connectivity index (χ4v) is 3.30. The molecule has 0 aliphatic carbocycles. The van der Waals surface area contributed by atoms with Crippen LogP contribution in [0.25, 0.3) is 0 Å². The van der Waals surface area contributed by atoms with Crippen LogP contribution in [0.5, 0.6) is 5.75 Å². The van der Waals surface area contributed by atoms with E-state index in [1.807, 2.05) is 36.3 Å². The zero-order valence-corrected chi connectivity index (χ0v) is 16.7. The Kier molecular flexibility index (Phi) is 7.00. The summed E-state index contributed by atoms with van der Waals surface area (Å²) in [5.74, 6) is 1.10. The Bertz CT molecular complexity index is 709. The molecule has 0 atom stereocenters. The third kappa shape index (κ3) is 5.30. The van der Waals surface area contributed by atoms with Crippen molar-refractivity contribution in [3.63, 3.8) is 0 Å². The van der Waals surface area contributed by atoms with Gasteiger partial charge in [0.15, 0.2) is 0 Å². The van der Waals surface area contributed by atoms with E-state index in [1.165, 1.54) is 5.56 Å². The zero-order valence-electron chi connectivity index (χ0n) is 15.8. The maximum absolute atomic E-state index is 12.3. The molecule has 1 heterocycles. The van der Waals surface area contributed by atoms with Crippen molar-refractivity contribution in [2.75, 3.05) is 6.54 Å². The van der Waals surface area contributed by atoms with Gasteiger partial charge < -0.3 is 9.64 Å². The lowest BCUT2D eigenvalue weighted by Crippen LogP contribution is -2.34. The summed E-state index contributed by atoms with van der Waals surface area (Å²) in [5.41, 5.74) is 3.32. The van der Waals surface area contributed by atoms with Gasteiger partial charge in [0.25, 0.3) is 0 Å². The molecule has 0 aliphatic heterocycles.